The van der Waals surface area contributed by atoms with Gasteiger partial charge in [-0.2, -0.15) is 0 Å². The van der Waals surface area contributed by atoms with E-state index in [4.69, 9.17) is 0 Å². The van der Waals surface area contributed by atoms with E-state index in [0.717, 1.165) is 15.6 Å². The van der Waals surface area contributed by atoms with Crippen LogP contribution >= 0.6 is 11.8 Å². The van der Waals surface area contributed by atoms with Gasteiger partial charge in [0.1, 0.15) is 0 Å². The lowest BCUT2D eigenvalue weighted by Crippen LogP contribution is -1.96. The van der Waals surface area contributed by atoms with Gasteiger partial charge >= 0.3 is 0 Å². The van der Waals surface area contributed by atoms with E-state index in [1.165, 1.54) is 11.8 Å². The molecule has 2 rings (SSSR count). The minimum Gasteiger partial charge on any atom is -0.329 e. The third kappa shape index (κ3) is 2.17. The molecule has 4 heteroatoms. The maximum absolute atomic E-state index is 11.4. The number of imidazole rings is 1. The van der Waals surface area contributed by atoms with Crippen LogP contribution in [0.4, 0.5) is 0 Å². The molecule has 2 aromatic rings. The van der Waals surface area contributed by atoms with E-state index in [9.17, 15) is 4.79 Å². The number of benzene rings is 1. The van der Waals surface area contributed by atoms with Crippen LogP contribution in [0.5, 0.6) is 0 Å². The maximum atomic E-state index is 11.4. The van der Waals surface area contributed by atoms with Crippen molar-refractivity contribution in [1.82, 2.24) is 9.55 Å². The van der Waals surface area contributed by atoms with E-state index in [1.54, 1.807) is 13.1 Å². The average molecular weight is 232 g/mol. The van der Waals surface area contributed by atoms with Gasteiger partial charge in [-0.3, -0.25) is 4.79 Å². The molecular formula is C12H12N2OS. The highest BCUT2D eigenvalue weighted by molar-refractivity contribution is 7.99. The number of hydrogen-bond acceptors (Lipinski definition) is 3. The second kappa shape index (κ2) is 4.53. The van der Waals surface area contributed by atoms with Crippen molar-refractivity contribution >= 4 is 17.5 Å². The van der Waals surface area contributed by atoms with Crippen molar-refractivity contribution in [1.29, 1.82) is 0 Å². The second-order valence-corrected chi connectivity index (χ2v) is 4.48. The summed E-state index contributed by atoms with van der Waals surface area (Å²) >= 11 is 1.51. The van der Waals surface area contributed by atoms with E-state index < -0.39 is 0 Å². The molecule has 0 saturated heterocycles. The van der Waals surface area contributed by atoms with Gasteiger partial charge in [-0.1, -0.05) is 30.0 Å². The molecule has 0 radical (unpaired) electrons. The lowest BCUT2D eigenvalue weighted by Gasteiger charge is -2.05. The summed E-state index contributed by atoms with van der Waals surface area (Å²) in [6.45, 7) is 1.58. The quantitative estimate of drug-likeness (QED) is 0.763. The fourth-order valence-electron chi connectivity index (χ4n) is 1.40. The van der Waals surface area contributed by atoms with E-state index in [-0.39, 0.29) is 5.78 Å². The molecule has 1 heterocycles. The van der Waals surface area contributed by atoms with Crippen LogP contribution in [0.2, 0.25) is 0 Å². The zero-order valence-corrected chi connectivity index (χ0v) is 9.99. The first kappa shape index (κ1) is 11.0. The van der Waals surface area contributed by atoms with Gasteiger partial charge in [0.15, 0.2) is 10.9 Å². The normalized spacial score (nSPS) is 10.4. The molecule has 0 fully saturated rings. The number of aromatic nitrogens is 2. The van der Waals surface area contributed by atoms with Gasteiger partial charge in [-0.15, -0.1) is 0 Å². The largest absolute Gasteiger partial charge is 0.329 e. The number of carbonyl (C=O) groups is 1. The number of carbonyl (C=O) groups excluding carboxylic acids is 1. The molecule has 3 nitrogen and oxygen atoms in total. The average Bonchev–Trinajstić information content (AvgIpc) is 2.65. The van der Waals surface area contributed by atoms with Gasteiger partial charge in [-0.25, -0.2) is 4.98 Å². The first-order chi connectivity index (χ1) is 7.68. The third-order valence-electron chi connectivity index (χ3n) is 2.24. The monoisotopic (exact) mass is 232 g/mol. The molecule has 0 aliphatic heterocycles. The van der Waals surface area contributed by atoms with Gasteiger partial charge in [-0.05, 0) is 13.0 Å². The van der Waals surface area contributed by atoms with Crippen LogP contribution < -0.4 is 0 Å². The van der Waals surface area contributed by atoms with Crippen LogP contribution in [0.3, 0.4) is 0 Å². The van der Waals surface area contributed by atoms with Crippen molar-refractivity contribution in [2.24, 2.45) is 7.05 Å². The molecule has 0 bridgehead atoms. The summed E-state index contributed by atoms with van der Waals surface area (Å²) in [7, 11) is 1.94. The minimum atomic E-state index is 0.0808. The molecule has 0 spiro atoms. The zero-order chi connectivity index (χ0) is 11.5. The fourth-order valence-corrected chi connectivity index (χ4v) is 2.38. The van der Waals surface area contributed by atoms with E-state index in [0.29, 0.717) is 0 Å². The summed E-state index contributed by atoms with van der Waals surface area (Å²) in [6, 6.07) is 7.58. The van der Waals surface area contributed by atoms with Crippen LogP contribution in [-0.2, 0) is 7.05 Å². The van der Waals surface area contributed by atoms with Crippen LogP contribution in [0.15, 0.2) is 46.7 Å². The molecule has 0 unspecified atom stereocenters. The highest BCUT2D eigenvalue weighted by Crippen LogP contribution is 2.28. The van der Waals surface area contributed by atoms with Crippen LogP contribution in [0, 0.1) is 0 Å². The Bertz CT molecular complexity index is 519. The van der Waals surface area contributed by atoms with Gasteiger partial charge in [0.2, 0.25) is 0 Å². The number of nitrogens with zero attached hydrogens (tertiary/aromatic N) is 2. The molecule has 0 saturated carbocycles. The number of rotatable bonds is 3. The highest BCUT2D eigenvalue weighted by Gasteiger charge is 2.09. The number of aryl methyl sites for hydroxylation is 1. The minimum absolute atomic E-state index is 0.0808. The van der Waals surface area contributed by atoms with Crippen molar-refractivity contribution in [3.05, 3.63) is 42.2 Å². The lowest BCUT2D eigenvalue weighted by atomic mass is 10.1. The molecule has 1 aromatic heterocycles. The molecule has 82 valence electrons. The van der Waals surface area contributed by atoms with Crippen molar-refractivity contribution < 1.29 is 4.79 Å². The molecule has 0 N–H and O–H groups in total. The highest BCUT2D eigenvalue weighted by atomic mass is 32.2. The lowest BCUT2D eigenvalue weighted by molar-refractivity contribution is 0.101. The summed E-state index contributed by atoms with van der Waals surface area (Å²) in [6.07, 6.45) is 3.64. The molecule has 1 aromatic carbocycles. The molecule has 0 aliphatic carbocycles. The van der Waals surface area contributed by atoms with E-state index in [1.807, 2.05) is 42.1 Å². The SMILES string of the molecule is CC(=O)c1ccccc1Sc1nccn1C. The summed E-state index contributed by atoms with van der Waals surface area (Å²) in [5.41, 5.74) is 0.746. The first-order valence-electron chi connectivity index (χ1n) is 4.93. The first-order valence-corrected chi connectivity index (χ1v) is 5.75. The third-order valence-corrected chi connectivity index (χ3v) is 3.40. The Morgan fingerprint density at radius 3 is 2.75 bits per heavy atom. The number of hydrogen-bond donors (Lipinski definition) is 0. The smallest absolute Gasteiger partial charge is 0.172 e. The Kier molecular flexibility index (Phi) is 3.10. The van der Waals surface area contributed by atoms with Crippen molar-refractivity contribution in [2.45, 2.75) is 17.0 Å². The number of Topliss-reactive ketones (excluding diaryl/α,β-unsaturated/α-hetero) is 1. The van der Waals surface area contributed by atoms with Crippen LogP contribution in [0.1, 0.15) is 17.3 Å². The second-order valence-electron chi connectivity index (χ2n) is 3.48. The Labute approximate surface area is 98.5 Å². The van der Waals surface area contributed by atoms with Crippen LogP contribution in [0.25, 0.3) is 0 Å². The number of ketones is 1. The van der Waals surface area contributed by atoms with Gasteiger partial charge in [0.05, 0.1) is 0 Å². The standard InChI is InChI=1S/C12H12N2OS/c1-9(15)10-5-3-4-6-11(10)16-12-13-7-8-14(12)2/h3-8H,1-2H3. The van der Waals surface area contributed by atoms with Crippen molar-refractivity contribution in [3.8, 4) is 0 Å². The van der Waals surface area contributed by atoms with Gasteiger partial charge in [0, 0.05) is 29.9 Å². The summed E-state index contributed by atoms with van der Waals surface area (Å²) in [4.78, 5) is 16.6. The Hall–Kier alpha value is -1.55. The topological polar surface area (TPSA) is 34.9 Å². The van der Waals surface area contributed by atoms with Crippen molar-refractivity contribution in [3.63, 3.8) is 0 Å². The van der Waals surface area contributed by atoms with Gasteiger partial charge < -0.3 is 4.57 Å². The molecular weight excluding hydrogens is 220 g/mol. The maximum Gasteiger partial charge on any atom is 0.172 e. The van der Waals surface area contributed by atoms with Gasteiger partial charge in [0.25, 0.3) is 0 Å². The molecule has 0 atom stereocenters. The Balaban J connectivity index is 2.35. The van der Waals surface area contributed by atoms with E-state index >= 15 is 0 Å². The molecule has 16 heavy (non-hydrogen) atoms. The summed E-state index contributed by atoms with van der Waals surface area (Å²) in [5, 5.41) is 0.883. The Morgan fingerprint density at radius 1 is 1.38 bits per heavy atom. The Morgan fingerprint density at radius 2 is 2.12 bits per heavy atom. The summed E-state index contributed by atoms with van der Waals surface area (Å²) in [5.74, 6) is 0.0808. The predicted octanol–water partition coefficient (Wildman–Crippen LogP) is 2.77. The van der Waals surface area contributed by atoms with E-state index in [2.05, 4.69) is 4.98 Å². The zero-order valence-electron chi connectivity index (χ0n) is 9.18. The fraction of sp³-hybridized carbons (Fsp3) is 0.167. The van der Waals surface area contributed by atoms with Crippen LogP contribution in [-0.4, -0.2) is 15.3 Å². The van der Waals surface area contributed by atoms with Crippen molar-refractivity contribution in [2.75, 3.05) is 0 Å². The molecule has 0 aliphatic rings. The predicted molar refractivity (Wildman–Crippen MR) is 63.8 cm³/mol. The summed E-state index contributed by atoms with van der Waals surface area (Å²) < 4.78 is 1.93. The molecule has 0 amide bonds.